The van der Waals surface area contributed by atoms with E-state index in [1.54, 1.807) is 0 Å². The Morgan fingerprint density at radius 2 is 0.911 bits per heavy atom. The van der Waals surface area contributed by atoms with E-state index in [2.05, 4.69) is 126 Å². The van der Waals surface area contributed by atoms with Gasteiger partial charge in [-0.3, -0.25) is 0 Å². The van der Waals surface area contributed by atoms with Crippen LogP contribution >= 0.6 is 0 Å². The van der Waals surface area contributed by atoms with Gasteiger partial charge in [-0.25, -0.2) is 15.0 Å². The van der Waals surface area contributed by atoms with Crippen LogP contribution in [0.5, 0.6) is 0 Å². The van der Waals surface area contributed by atoms with Crippen molar-refractivity contribution >= 4 is 76.1 Å². The van der Waals surface area contributed by atoms with Gasteiger partial charge in [0.1, 0.15) is 11.2 Å². The highest BCUT2D eigenvalue weighted by Crippen LogP contribution is 2.44. The van der Waals surface area contributed by atoms with Crippen LogP contribution in [0.2, 0.25) is 0 Å². The molecule has 0 bridgehead atoms. The molecule has 0 unspecified atom stereocenters. The van der Waals surface area contributed by atoms with E-state index in [0.29, 0.717) is 17.5 Å². The van der Waals surface area contributed by atoms with E-state index >= 15 is 0 Å². The molecular weight excluding hydrogens is 685 g/mol. The number of benzene rings is 9. The highest BCUT2D eigenvalue weighted by Gasteiger charge is 2.23. The van der Waals surface area contributed by atoms with Crippen molar-refractivity contribution in [2.45, 2.75) is 0 Å². The molecule has 9 aromatic carbocycles. The van der Waals surface area contributed by atoms with Crippen LogP contribution in [0.4, 0.5) is 0 Å². The Bertz CT molecular complexity index is 3470. The molecule has 12 aromatic rings. The van der Waals surface area contributed by atoms with Crippen molar-refractivity contribution < 1.29 is 4.42 Å². The van der Waals surface area contributed by atoms with Gasteiger partial charge in [0.2, 0.25) is 0 Å². The van der Waals surface area contributed by atoms with Gasteiger partial charge in [0.25, 0.3) is 0 Å². The van der Waals surface area contributed by atoms with Crippen LogP contribution in [-0.4, -0.2) is 19.5 Å². The van der Waals surface area contributed by atoms with Gasteiger partial charge in [-0.2, -0.15) is 0 Å². The Labute approximate surface area is 320 Å². The van der Waals surface area contributed by atoms with Crippen molar-refractivity contribution in [1.29, 1.82) is 0 Å². The van der Waals surface area contributed by atoms with Gasteiger partial charge in [-0.15, -0.1) is 0 Å². The molecule has 0 saturated heterocycles. The molecular formula is C51H30N4O. The number of aromatic nitrogens is 4. The van der Waals surface area contributed by atoms with Gasteiger partial charge < -0.3 is 8.98 Å². The van der Waals surface area contributed by atoms with Crippen LogP contribution in [0.3, 0.4) is 0 Å². The lowest BCUT2D eigenvalue weighted by atomic mass is 10.0. The zero-order valence-corrected chi connectivity index (χ0v) is 30.0. The molecule has 3 aromatic heterocycles. The molecule has 0 aliphatic heterocycles. The van der Waals surface area contributed by atoms with Gasteiger partial charge >= 0.3 is 0 Å². The zero-order chi connectivity index (χ0) is 36.7. The molecule has 0 saturated carbocycles. The minimum atomic E-state index is 0.572. The Morgan fingerprint density at radius 1 is 0.357 bits per heavy atom. The summed E-state index contributed by atoms with van der Waals surface area (Å²) in [6, 6.07) is 63.9. The Balaban J connectivity index is 1.24. The summed E-state index contributed by atoms with van der Waals surface area (Å²) in [5.41, 5.74) is 7.55. The third kappa shape index (κ3) is 4.64. The van der Waals surface area contributed by atoms with Crippen LogP contribution in [0.25, 0.3) is 116 Å². The van der Waals surface area contributed by atoms with Crippen LogP contribution in [0.15, 0.2) is 186 Å². The van der Waals surface area contributed by atoms with Crippen molar-refractivity contribution in [2.24, 2.45) is 0 Å². The maximum absolute atomic E-state index is 6.98. The van der Waals surface area contributed by atoms with E-state index in [-0.39, 0.29) is 0 Å². The van der Waals surface area contributed by atoms with Crippen LogP contribution in [-0.2, 0) is 0 Å². The molecule has 0 N–H and O–H groups in total. The van der Waals surface area contributed by atoms with E-state index in [0.717, 1.165) is 66.1 Å². The fourth-order valence-electron chi connectivity index (χ4n) is 8.59. The first-order valence-corrected chi connectivity index (χ1v) is 18.9. The number of rotatable bonds is 4. The highest BCUT2D eigenvalue weighted by atomic mass is 16.3. The van der Waals surface area contributed by atoms with Crippen molar-refractivity contribution in [3.63, 3.8) is 0 Å². The first-order valence-electron chi connectivity index (χ1n) is 18.9. The summed E-state index contributed by atoms with van der Waals surface area (Å²) in [5.74, 6) is 1.80. The first-order chi connectivity index (χ1) is 27.7. The van der Waals surface area contributed by atoms with Crippen molar-refractivity contribution in [3.05, 3.63) is 182 Å². The summed E-state index contributed by atoms with van der Waals surface area (Å²) < 4.78 is 9.40. The van der Waals surface area contributed by atoms with E-state index in [1.807, 2.05) is 60.7 Å². The SMILES string of the molecule is c1ccc(-c2nc(-c3ccccc3)nc(-c3cc(-n4c5cc6ccccc6cc5c5c6ccccc6ccc54)c4c(c3)oc3c5ccccc5ccc34)n2)cc1. The molecule has 5 nitrogen and oxygen atoms in total. The predicted molar refractivity (Wildman–Crippen MR) is 230 cm³/mol. The third-order valence-corrected chi connectivity index (χ3v) is 11.2. The van der Waals surface area contributed by atoms with E-state index in [4.69, 9.17) is 19.4 Å². The number of fused-ring (bicyclic) bond motifs is 11. The fraction of sp³-hybridized carbons (Fsp3) is 0. The number of hydrogen-bond donors (Lipinski definition) is 0. The summed E-state index contributed by atoms with van der Waals surface area (Å²) in [7, 11) is 0. The predicted octanol–water partition coefficient (Wildman–Crippen LogP) is 13.3. The van der Waals surface area contributed by atoms with E-state index in [1.165, 1.54) is 32.3 Å². The smallest absolute Gasteiger partial charge is 0.164 e. The lowest BCUT2D eigenvalue weighted by Crippen LogP contribution is -2.01. The summed E-state index contributed by atoms with van der Waals surface area (Å²) in [5, 5.41) is 11.5. The molecule has 12 rings (SSSR count). The normalized spacial score (nSPS) is 11.9. The summed E-state index contributed by atoms with van der Waals surface area (Å²) in [6.07, 6.45) is 0. The average molecular weight is 715 g/mol. The van der Waals surface area contributed by atoms with Gasteiger partial charge in [0.15, 0.2) is 17.5 Å². The molecule has 56 heavy (non-hydrogen) atoms. The highest BCUT2D eigenvalue weighted by molar-refractivity contribution is 6.25. The summed E-state index contributed by atoms with van der Waals surface area (Å²) >= 11 is 0. The standard InChI is InChI=1S/C51H30N4O/c1-3-15-33(16-4-1)49-52-50(34-17-5-2-6-18-34)54-51(53-49)37-29-44(47-40-25-23-32-14-10-12-22-39(32)48(40)56-45(47)30-37)55-42-26-24-31-13-9-11-21-38(31)46(42)41-27-35-19-7-8-20-36(35)28-43(41)55/h1-30H. The molecule has 0 fully saturated rings. The van der Waals surface area contributed by atoms with Gasteiger partial charge in [0, 0.05) is 38.2 Å². The van der Waals surface area contributed by atoms with E-state index < -0.39 is 0 Å². The topological polar surface area (TPSA) is 56.7 Å². The lowest BCUT2D eigenvalue weighted by molar-refractivity contribution is 0.672. The second kappa shape index (κ2) is 11.9. The molecule has 0 spiro atoms. The van der Waals surface area contributed by atoms with Crippen LogP contribution in [0.1, 0.15) is 0 Å². The van der Waals surface area contributed by atoms with Gasteiger partial charge in [-0.05, 0) is 63.3 Å². The largest absolute Gasteiger partial charge is 0.455 e. The van der Waals surface area contributed by atoms with Crippen molar-refractivity contribution in [2.75, 3.05) is 0 Å². The van der Waals surface area contributed by atoms with E-state index in [9.17, 15) is 0 Å². The first kappa shape index (κ1) is 30.8. The zero-order valence-electron chi connectivity index (χ0n) is 30.0. The number of hydrogen-bond acceptors (Lipinski definition) is 4. The minimum Gasteiger partial charge on any atom is -0.455 e. The number of nitrogens with zero attached hydrogens (tertiary/aromatic N) is 4. The van der Waals surface area contributed by atoms with Crippen LogP contribution in [0, 0.1) is 0 Å². The molecule has 0 amide bonds. The van der Waals surface area contributed by atoms with Gasteiger partial charge in [0.05, 0.1) is 22.1 Å². The maximum atomic E-state index is 6.98. The molecule has 260 valence electrons. The average Bonchev–Trinajstić information content (AvgIpc) is 3.81. The molecule has 0 aliphatic carbocycles. The third-order valence-electron chi connectivity index (χ3n) is 11.2. The second-order valence-corrected chi connectivity index (χ2v) is 14.4. The fourth-order valence-corrected chi connectivity index (χ4v) is 8.59. The Kier molecular flexibility index (Phi) is 6.56. The molecule has 5 heteroatoms. The molecule has 0 radical (unpaired) electrons. The monoisotopic (exact) mass is 714 g/mol. The molecule has 0 aliphatic rings. The number of furan rings is 1. The van der Waals surface area contributed by atoms with Crippen molar-refractivity contribution in [3.8, 4) is 39.9 Å². The quantitative estimate of drug-likeness (QED) is 0.182. The molecule has 3 heterocycles. The maximum Gasteiger partial charge on any atom is 0.164 e. The Morgan fingerprint density at radius 3 is 1.61 bits per heavy atom. The second-order valence-electron chi connectivity index (χ2n) is 14.4. The Hall–Kier alpha value is -7.63. The minimum absolute atomic E-state index is 0.572. The van der Waals surface area contributed by atoms with Gasteiger partial charge in [-0.1, -0.05) is 146 Å². The lowest BCUT2D eigenvalue weighted by Gasteiger charge is -2.13. The molecule has 0 atom stereocenters. The summed E-state index contributed by atoms with van der Waals surface area (Å²) in [6.45, 7) is 0. The van der Waals surface area contributed by atoms with Crippen LogP contribution < -0.4 is 0 Å². The van der Waals surface area contributed by atoms with Crippen molar-refractivity contribution in [1.82, 2.24) is 19.5 Å². The summed E-state index contributed by atoms with van der Waals surface area (Å²) in [4.78, 5) is 15.3.